The van der Waals surface area contributed by atoms with Gasteiger partial charge in [0.1, 0.15) is 6.04 Å². The van der Waals surface area contributed by atoms with Crippen LogP contribution in [0.25, 0.3) is 0 Å². The number of carbonyl (C=O) groups excluding carboxylic acids is 1. The van der Waals surface area contributed by atoms with Crippen LogP contribution in [-0.2, 0) is 4.79 Å². The average Bonchev–Trinajstić information content (AvgIpc) is 2.95. The van der Waals surface area contributed by atoms with Crippen LogP contribution in [0.15, 0.2) is 11.6 Å². The number of thioether (sulfide) groups is 1. The summed E-state index contributed by atoms with van der Waals surface area (Å²) < 4.78 is 0. The minimum absolute atomic E-state index is 0.0916. The fraction of sp³-hybridized carbons (Fsp3) is 0.500. The molecule has 2 rings (SSSR count). The Balaban J connectivity index is 2.11. The molecule has 1 aliphatic rings. The van der Waals surface area contributed by atoms with Gasteiger partial charge in [0.05, 0.1) is 5.37 Å². The maximum absolute atomic E-state index is 12.1. The second-order valence-corrected chi connectivity index (χ2v) is 5.83. The van der Waals surface area contributed by atoms with Gasteiger partial charge in [-0.2, -0.15) is 0 Å². The van der Waals surface area contributed by atoms with Gasteiger partial charge in [0.2, 0.25) is 0 Å². The third kappa shape index (κ3) is 2.59. The summed E-state index contributed by atoms with van der Waals surface area (Å²) in [5, 5.41) is 13.9. The van der Waals surface area contributed by atoms with E-state index in [4.69, 9.17) is 5.11 Å². The fourth-order valence-corrected chi connectivity index (χ4v) is 3.65. The van der Waals surface area contributed by atoms with Crippen molar-refractivity contribution < 1.29 is 14.7 Å². The molecule has 0 radical (unpaired) electrons. The highest BCUT2D eigenvalue weighted by molar-refractivity contribution is 8.00. The number of carboxylic acid groups (broad SMARTS) is 1. The predicted octanol–water partition coefficient (Wildman–Crippen LogP) is 1.91. The molecule has 1 aromatic heterocycles. The van der Waals surface area contributed by atoms with Crippen LogP contribution in [-0.4, -0.2) is 44.2 Å². The monoisotopic (exact) mass is 287 g/mol. The Morgan fingerprint density at radius 2 is 2.44 bits per heavy atom. The largest absolute Gasteiger partial charge is 0.480 e. The standard InChI is InChI=1S/C10H13N3O3S2/c1-2-7-13(6(5-18-7)8(14)15)10(16)12-9-11-3-4-17-9/h3-4,6-7H,2,5H2,1H3,(H,14,15)(H,11,12,16). The van der Waals surface area contributed by atoms with E-state index < -0.39 is 18.0 Å². The number of anilines is 1. The molecule has 6 nitrogen and oxygen atoms in total. The Bertz CT molecular complexity index is 438. The van der Waals surface area contributed by atoms with E-state index in [0.29, 0.717) is 10.9 Å². The van der Waals surface area contributed by atoms with Crippen molar-refractivity contribution in [2.75, 3.05) is 11.1 Å². The van der Waals surface area contributed by atoms with Crippen molar-refractivity contribution in [2.45, 2.75) is 24.8 Å². The Hall–Kier alpha value is -1.28. The van der Waals surface area contributed by atoms with Crippen LogP contribution in [0.4, 0.5) is 9.93 Å². The molecule has 2 atom stereocenters. The lowest BCUT2D eigenvalue weighted by Gasteiger charge is -2.26. The second kappa shape index (κ2) is 5.57. The normalized spacial score (nSPS) is 23.1. The molecule has 8 heteroatoms. The van der Waals surface area contributed by atoms with Crippen LogP contribution in [0.3, 0.4) is 0 Å². The van der Waals surface area contributed by atoms with Gasteiger partial charge in [-0.1, -0.05) is 6.92 Å². The molecular formula is C10H13N3O3S2. The number of amides is 2. The van der Waals surface area contributed by atoms with E-state index >= 15 is 0 Å². The summed E-state index contributed by atoms with van der Waals surface area (Å²) in [5.41, 5.74) is 0. The number of rotatable bonds is 3. The summed E-state index contributed by atoms with van der Waals surface area (Å²) in [6.45, 7) is 1.94. The van der Waals surface area contributed by atoms with Gasteiger partial charge in [-0.05, 0) is 6.42 Å². The smallest absolute Gasteiger partial charge is 0.327 e. The molecule has 98 valence electrons. The molecular weight excluding hydrogens is 274 g/mol. The molecule has 2 unspecified atom stereocenters. The molecule has 1 saturated heterocycles. The molecule has 1 aliphatic heterocycles. The summed E-state index contributed by atoms with van der Waals surface area (Å²) in [6.07, 6.45) is 2.31. The summed E-state index contributed by atoms with van der Waals surface area (Å²) >= 11 is 2.80. The molecule has 2 heterocycles. The van der Waals surface area contributed by atoms with Gasteiger partial charge in [0.25, 0.3) is 0 Å². The number of hydrogen-bond donors (Lipinski definition) is 2. The zero-order chi connectivity index (χ0) is 13.1. The van der Waals surface area contributed by atoms with Crippen molar-refractivity contribution in [3.05, 3.63) is 11.6 Å². The molecule has 0 saturated carbocycles. The van der Waals surface area contributed by atoms with Crippen molar-refractivity contribution >= 4 is 40.2 Å². The molecule has 18 heavy (non-hydrogen) atoms. The number of aliphatic carboxylic acids is 1. The van der Waals surface area contributed by atoms with Gasteiger partial charge in [-0.15, -0.1) is 23.1 Å². The summed E-state index contributed by atoms with van der Waals surface area (Å²) in [4.78, 5) is 28.6. The minimum Gasteiger partial charge on any atom is -0.480 e. The van der Waals surface area contributed by atoms with E-state index in [9.17, 15) is 9.59 Å². The van der Waals surface area contributed by atoms with Gasteiger partial charge in [0, 0.05) is 17.3 Å². The van der Waals surface area contributed by atoms with E-state index in [0.717, 1.165) is 6.42 Å². The number of urea groups is 1. The highest BCUT2D eigenvalue weighted by Crippen LogP contribution is 2.32. The number of aromatic nitrogens is 1. The van der Waals surface area contributed by atoms with E-state index in [-0.39, 0.29) is 5.37 Å². The van der Waals surface area contributed by atoms with E-state index in [1.807, 2.05) is 6.92 Å². The summed E-state index contributed by atoms with van der Waals surface area (Å²) in [7, 11) is 0. The Morgan fingerprint density at radius 1 is 1.67 bits per heavy atom. The first kappa shape index (κ1) is 13.2. The highest BCUT2D eigenvalue weighted by atomic mass is 32.2. The summed E-state index contributed by atoms with van der Waals surface area (Å²) in [5.74, 6) is -0.535. The van der Waals surface area contributed by atoms with E-state index in [2.05, 4.69) is 10.3 Å². The third-order valence-electron chi connectivity index (χ3n) is 2.61. The van der Waals surface area contributed by atoms with Gasteiger partial charge in [0.15, 0.2) is 5.13 Å². The van der Waals surface area contributed by atoms with Crippen LogP contribution >= 0.6 is 23.1 Å². The quantitative estimate of drug-likeness (QED) is 0.887. The first-order valence-corrected chi connectivity index (χ1v) is 7.39. The van der Waals surface area contributed by atoms with E-state index in [1.54, 1.807) is 11.6 Å². The second-order valence-electron chi connectivity index (χ2n) is 3.72. The molecule has 0 aromatic carbocycles. The lowest BCUT2D eigenvalue weighted by molar-refractivity contribution is -0.141. The lowest BCUT2D eigenvalue weighted by atomic mass is 10.3. The average molecular weight is 287 g/mol. The van der Waals surface area contributed by atoms with Crippen molar-refractivity contribution in [3.63, 3.8) is 0 Å². The predicted molar refractivity (Wildman–Crippen MR) is 70.9 cm³/mol. The number of hydrogen-bond acceptors (Lipinski definition) is 5. The zero-order valence-electron chi connectivity index (χ0n) is 9.70. The zero-order valence-corrected chi connectivity index (χ0v) is 11.3. The molecule has 2 N–H and O–H groups in total. The lowest BCUT2D eigenvalue weighted by Crippen LogP contribution is -2.47. The maximum Gasteiger partial charge on any atom is 0.327 e. The maximum atomic E-state index is 12.1. The number of nitrogens with zero attached hydrogens (tertiary/aromatic N) is 2. The first-order valence-electron chi connectivity index (χ1n) is 5.46. The SMILES string of the molecule is CCC1SCC(C(=O)O)N1C(=O)Nc1nccs1. The minimum atomic E-state index is -0.965. The van der Waals surface area contributed by atoms with Crippen LogP contribution in [0, 0.1) is 0 Å². The number of carboxylic acids is 1. The topological polar surface area (TPSA) is 82.5 Å². The molecule has 0 bridgehead atoms. The van der Waals surface area contributed by atoms with Crippen molar-refractivity contribution in [1.29, 1.82) is 0 Å². The van der Waals surface area contributed by atoms with Crippen molar-refractivity contribution in [3.8, 4) is 0 Å². The Morgan fingerprint density at radius 3 is 3.00 bits per heavy atom. The van der Waals surface area contributed by atoms with E-state index in [1.165, 1.54) is 28.0 Å². The first-order chi connectivity index (χ1) is 8.63. The number of thiazole rings is 1. The van der Waals surface area contributed by atoms with Crippen molar-refractivity contribution in [1.82, 2.24) is 9.88 Å². The highest BCUT2D eigenvalue weighted by Gasteiger charge is 2.40. The van der Waals surface area contributed by atoms with Gasteiger partial charge in [-0.25, -0.2) is 14.6 Å². The molecule has 1 fully saturated rings. The Labute approximate surface area is 112 Å². The van der Waals surface area contributed by atoms with Crippen LogP contribution in [0.2, 0.25) is 0 Å². The van der Waals surface area contributed by atoms with Crippen LogP contribution < -0.4 is 5.32 Å². The molecule has 0 aliphatic carbocycles. The molecule has 0 spiro atoms. The molecule has 2 amide bonds. The van der Waals surface area contributed by atoms with Crippen LogP contribution in [0.5, 0.6) is 0 Å². The van der Waals surface area contributed by atoms with Crippen molar-refractivity contribution in [2.24, 2.45) is 0 Å². The number of nitrogens with one attached hydrogen (secondary N) is 1. The fourth-order valence-electron chi connectivity index (χ4n) is 1.78. The van der Waals surface area contributed by atoms with Crippen LogP contribution in [0.1, 0.15) is 13.3 Å². The molecule has 1 aromatic rings. The van der Waals surface area contributed by atoms with Gasteiger partial charge >= 0.3 is 12.0 Å². The van der Waals surface area contributed by atoms with Gasteiger partial charge in [-0.3, -0.25) is 10.2 Å². The summed E-state index contributed by atoms with van der Waals surface area (Å²) in [6, 6.07) is -1.16. The van der Waals surface area contributed by atoms with Gasteiger partial charge < -0.3 is 5.11 Å². The Kier molecular flexibility index (Phi) is 4.07. The number of carbonyl (C=O) groups is 2. The third-order valence-corrected chi connectivity index (χ3v) is 4.75.